The zero-order valence-electron chi connectivity index (χ0n) is 12.2. The second-order valence-electron chi connectivity index (χ2n) is 7.30. The molecule has 0 saturated heterocycles. The van der Waals surface area contributed by atoms with Gasteiger partial charge in [0.15, 0.2) is 0 Å². The molecule has 0 amide bonds. The smallest absolute Gasteiger partial charge is 0.0826 e. The maximum Gasteiger partial charge on any atom is 0.0826 e. The number of hydrogen-bond donors (Lipinski definition) is 1. The third-order valence-corrected chi connectivity index (χ3v) is 6.36. The molecule has 1 nitrogen and oxygen atoms in total. The molecule has 1 N–H and O–H groups in total. The Morgan fingerprint density at radius 1 is 0.947 bits per heavy atom. The fraction of sp³-hybridized carbons (Fsp3) is 0.667. The van der Waals surface area contributed by atoms with E-state index in [0.29, 0.717) is 5.92 Å². The highest BCUT2D eigenvalue weighted by molar-refractivity contribution is 5.39. The van der Waals surface area contributed by atoms with Crippen molar-refractivity contribution >= 4 is 0 Å². The van der Waals surface area contributed by atoms with Crippen LogP contribution in [0, 0.1) is 50.4 Å². The van der Waals surface area contributed by atoms with Crippen LogP contribution in [0.15, 0.2) is 12.1 Å². The average molecular weight is 256 g/mol. The lowest BCUT2D eigenvalue weighted by molar-refractivity contribution is 0.129. The molecule has 3 aliphatic rings. The number of fused-ring (bicyclic) bond motifs is 5. The molecule has 0 radical (unpaired) electrons. The van der Waals surface area contributed by atoms with Crippen molar-refractivity contribution in [1.29, 1.82) is 0 Å². The van der Waals surface area contributed by atoms with Gasteiger partial charge in [-0.15, -0.1) is 0 Å². The minimum Gasteiger partial charge on any atom is -0.388 e. The highest BCUT2D eigenvalue weighted by atomic mass is 16.3. The summed E-state index contributed by atoms with van der Waals surface area (Å²) in [5.41, 5.74) is 5.12. The van der Waals surface area contributed by atoms with Gasteiger partial charge in [-0.05, 0) is 91.9 Å². The highest BCUT2D eigenvalue weighted by Crippen LogP contribution is 2.72. The molecule has 5 atom stereocenters. The number of aliphatic hydroxyl groups is 1. The Balaban J connectivity index is 1.62. The van der Waals surface area contributed by atoms with Gasteiger partial charge in [0.25, 0.3) is 0 Å². The Morgan fingerprint density at radius 3 is 2.16 bits per heavy atom. The van der Waals surface area contributed by atoms with Gasteiger partial charge in [-0.2, -0.15) is 0 Å². The van der Waals surface area contributed by atoms with Crippen LogP contribution in [0.3, 0.4) is 0 Å². The van der Waals surface area contributed by atoms with Gasteiger partial charge >= 0.3 is 0 Å². The lowest BCUT2D eigenvalue weighted by Gasteiger charge is -2.19. The van der Waals surface area contributed by atoms with Gasteiger partial charge in [0, 0.05) is 0 Å². The van der Waals surface area contributed by atoms with E-state index in [-0.39, 0.29) is 6.10 Å². The van der Waals surface area contributed by atoms with Crippen molar-refractivity contribution in [3.8, 4) is 0 Å². The topological polar surface area (TPSA) is 20.2 Å². The van der Waals surface area contributed by atoms with E-state index < -0.39 is 0 Å². The van der Waals surface area contributed by atoms with Crippen LogP contribution in [0.25, 0.3) is 0 Å². The molecule has 102 valence electrons. The van der Waals surface area contributed by atoms with Crippen molar-refractivity contribution in [1.82, 2.24) is 0 Å². The fourth-order valence-corrected chi connectivity index (χ4v) is 5.32. The van der Waals surface area contributed by atoms with E-state index in [1.54, 1.807) is 0 Å². The van der Waals surface area contributed by atoms with E-state index in [9.17, 15) is 5.11 Å². The van der Waals surface area contributed by atoms with E-state index in [4.69, 9.17) is 0 Å². The number of aliphatic hydroxyl groups excluding tert-OH is 1. The van der Waals surface area contributed by atoms with Crippen LogP contribution in [0.4, 0.5) is 0 Å². The Morgan fingerprint density at radius 2 is 1.53 bits per heavy atom. The molecular formula is C18H24O. The number of aryl methyl sites for hydroxylation is 3. The predicted octanol–water partition coefficient (Wildman–Crippen LogP) is 3.94. The molecule has 5 unspecified atom stereocenters. The van der Waals surface area contributed by atoms with E-state index >= 15 is 0 Å². The monoisotopic (exact) mass is 256 g/mol. The summed E-state index contributed by atoms with van der Waals surface area (Å²) in [6.07, 6.45) is 4.12. The first-order valence-electron chi connectivity index (χ1n) is 7.83. The normalized spacial score (nSPS) is 40.3. The predicted molar refractivity (Wildman–Crippen MR) is 76.9 cm³/mol. The maximum atomic E-state index is 10.8. The summed E-state index contributed by atoms with van der Waals surface area (Å²) in [4.78, 5) is 0. The van der Waals surface area contributed by atoms with Gasteiger partial charge in [-0.25, -0.2) is 0 Å². The molecule has 3 saturated carbocycles. The van der Waals surface area contributed by atoms with Crippen LogP contribution in [-0.4, -0.2) is 5.11 Å². The van der Waals surface area contributed by atoms with Crippen molar-refractivity contribution in [2.24, 2.45) is 29.6 Å². The van der Waals surface area contributed by atoms with Crippen LogP contribution < -0.4 is 0 Å². The van der Waals surface area contributed by atoms with Gasteiger partial charge < -0.3 is 5.11 Å². The second-order valence-corrected chi connectivity index (χ2v) is 7.30. The van der Waals surface area contributed by atoms with Crippen LogP contribution in [0.2, 0.25) is 0 Å². The first-order valence-corrected chi connectivity index (χ1v) is 7.83. The first-order chi connectivity index (χ1) is 9.08. The SMILES string of the molecule is Cc1cc(C)c(C(O)C2C3C4CCC(C4)C32)cc1C. The zero-order chi connectivity index (χ0) is 13.3. The van der Waals surface area contributed by atoms with Crippen molar-refractivity contribution in [3.63, 3.8) is 0 Å². The zero-order valence-corrected chi connectivity index (χ0v) is 12.2. The molecule has 2 bridgehead atoms. The van der Waals surface area contributed by atoms with E-state index in [0.717, 1.165) is 23.7 Å². The molecule has 0 heterocycles. The highest BCUT2D eigenvalue weighted by Gasteiger charge is 2.66. The minimum atomic E-state index is -0.210. The minimum absolute atomic E-state index is 0.210. The largest absolute Gasteiger partial charge is 0.388 e. The number of rotatable bonds is 2. The molecule has 1 aromatic rings. The van der Waals surface area contributed by atoms with Gasteiger partial charge in [-0.1, -0.05) is 12.1 Å². The first kappa shape index (κ1) is 12.0. The van der Waals surface area contributed by atoms with Crippen LogP contribution >= 0.6 is 0 Å². The van der Waals surface area contributed by atoms with Gasteiger partial charge in [0.2, 0.25) is 0 Å². The molecule has 3 fully saturated rings. The molecule has 4 rings (SSSR count). The average Bonchev–Trinajstić information content (AvgIpc) is 2.81. The summed E-state index contributed by atoms with van der Waals surface area (Å²) in [7, 11) is 0. The summed E-state index contributed by atoms with van der Waals surface area (Å²) >= 11 is 0. The fourth-order valence-electron chi connectivity index (χ4n) is 5.32. The standard InChI is InChI=1S/C18H24O/c1-9-6-11(3)14(7-10(9)2)18(19)17-15-12-4-5-13(8-12)16(15)17/h6-7,12-13,15-19H,4-5,8H2,1-3H3. The summed E-state index contributed by atoms with van der Waals surface area (Å²) in [6.45, 7) is 6.46. The molecule has 3 aliphatic carbocycles. The number of hydrogen-bond acceptors (Lipinski definition) is 1. The molecule has 0 aliphatic heterocycles. The Bertz CT molecular complexity index is 517. The molecule has 1 heteroatoms. The molecule has 0 aromatic heterocycles. The summed E-state index contributed by atoms with van der Waals surface area (Å²) in [5, 5.41) is 10.8. The van der Waals surface area contributed by atoms with Crippen LogP contribution in [0.5, 0.6) is 0 Å². The van der Waals surface area contributed by atoms with Gasteiger partial charge in [0.1, 0.15) is 0 Å². The maximum absolute atomic E-state index is 10.8. The third-order valence-electron chi connectivity index (χ3n) is 6.36. The van der Waals surface area contributed by atoms with E-state index in [2.05, 4.69) is 32.9 Å². The van der Waals surface area contributed by atoms with Crippen molar-refractivity contribution in [2.45, 2.75) is 46.1 Å². The summed E-state index contributed by atoms with van der Waals surface area (Å²) in [5.74, 6) is 4.18. The molecule has 19 heavy (non-hydrogen) atoms. The summed E-state index contributed by atoms with van der Waals surface area (Å²) in [6, 6.07) is 4.46. The quantitative estimate of drug-likeness (QED) is 0.850. The number of benzene rings is 1. The van der Waals surface area contributed by atoms with E-state index in [1.165, 1.54) is 41.5 Å². The lowest BCUT2D eigenvalue weighted by atomic mass is 9.90. The van der Waals surface area contributed by atoms with Gasteiger partial charge in [-0.3, -0.25) is 0 Å². The van der Waals surface area contributed by atoms with Crippen LogP contribution in [-0.2, 0) is 0 Å². The molecular weight excluding hydrogens is 232 g/mol. The Hall–Kier alpha value is -0.820. The van der Waals surface area contributed by atoms with Crippen LogP contribution in [0.1, 0.15) is 47.6 Å². The second kappa shape index (κ2) is 3.85. The summed E-state index contributed by atoms with van der Waals surface area (Å²) < 4.78 is 0. The molecule has 0 spiro atoms. The Kier molecular flexibility index (Phi) is 2.42. The van der Waals surface area contributed by atoms with Crippen molar-refractivity contribution in [2.75, 3.05) is 0 Å². The third kappa shape index (κ3) is 1.57. The van der Waals surface area contributed by atoms with E-state index in [1.807, 2.05) is 0 Å². The Labute approximate surface area is 116 Å². The lowest BCUT2D eigenvalue weighted by Crippen LogP contribution is -2.10. The molecule has 1 aromatic carbocycles. The van der Waals surface area contributed by atoms with Crippen molar-refractivity contribution < 1.29 is 5.11 Å². The van der Waals surface area contributed by atoms with Gasteiger partial charge in [0.05, 0.1) is 6.10 Å². The van der Waals surface area contributed by atoms with Crippen molar-refractivity contribution in [3.05, 3.63) is 34.4 Å².